The largest absolute Gasteiger partial charge is 0.399 e. The van der Waals surface area contributed by atoms with E-state index in [4.69, 9.17) is 10.5 Å². The van der Waals surface area contributed by atoms with Crippen molar-refractivity contribution >= 4 is 21.4 Å². The summed E-state index contributed by atoms with van der Waals surface area (Å²) in [5.74, 6) is 0.0459. The Labute approximate surface area is 102 Å². The molecule has 1 aromatic rings. The molecule has 0 spiro atoms. The highest BCUT2D eigenvalue weighted by Gasteiger charge is 2.10. The third-order valence-electron chi connectivity index (χ3n) is 2.30. The number of nitrogens with one attached hydrogen (secondary N) is 1. The molecule has 0 amide bonds. The Balaban J connectivity index is 2.66. The SMILES string of the molecule is COCCCS(=O)(=O)Nc1ccc(N)c(C)c1. The summed E-state index contributed by atoms with van der Waals surface area (Å²) in [6, 6.07) is 5.04. The lowest BCUT2D eigenvalue weighted by molar-refractivity contribution is 0.199. The van der Waals surface area contributed by atoms with Gasteiger partial charge in [0.25, 0.3) is 0 Å². The van der Waals surface area contributed by atoms with E-state index in [0.29, 0.717) is 24.4 Å². The van der Waals surface area contributed by atoms with E-state index in [1.54, 1.807) is 25.3 Å². The molecular formula is C11H18N2O3S. The van der Waals surface area contributed by atoms with Crippen molar-refractivity contribution < 1.29 is 13.2 Å². The van der Waals surface area contributed by atoms with Crippen molar-refractivity contribution in [1.82, 2.24) is 0 Å². The van der Waals surface area contributed by atoms with Gasteiger partial charge >= 0.3 is 0 Å². The maximum absolute atomic E-state index is 11.7. The first-order chi connectivity index (χ1) is 7.94. The topological polar surface area (TPSA) is 81.4 Å². The summed E-state index contributed by atoms with van der Waals surface area (Å²) in [6.07, 6.45) is 0.472. The molecule has 0 bridgehead atoms. The molecule has 6 heteroatoms. The van der Waals surface area contributed by atoms with Gasteiger partial charge in [-0.25, -0.2) is 8.42 Å². The Kier molecular flexibility index (Phi) is 4.77. The lowest BCUT2D eigenvalue weighted by Crippen LogP contribution is -2.17. The standard InChI is InChI=1S/C11H18N2O3S/c1-9-8-10(4-5-11(9)12)13-17(14,15)7-3-6-16-2/h4-5,8,13H,3,6-7,12H2,1-2H3. The minimum absolute atomic E-state index is 0.0459. The fourth-order valence-corrected chi connectivity index (χ4v) is 2.45. The number of nitrogens with two attached hydrogens (primary N) is 1. The first kappa shape index (κ1) is 13.8. The summed E-state index contributed by atoms with van der Waals surface area (Å²) in [6.45, 7) is 2.26. The average Bonchev–Trinajstić information content (AvgIpc) is 2.23. The Hall–Kier alpha value is -1.27. The zero-order valence-electron chi connectivity index (χ0n) is 10.1. The number of hydrogen-bond acceptors (Lipinski definition) is 4. The second-order valence-electron chi connectivity index (χ2n) is 3.84. The van der Waals surface area contributed by atoms with E-state index in [2.05, 4.69) is 4.72 Å². The maximum atomic E-state index is 11.7. The molecule has 3 N–H and O–H groups in total. The van der Waals surface area contributed by atoms with Crippen LogP contribution in [0.15, 0.2) is 18.2 Å². The van der Waals surface area contributed by atoms with Gasteiger partial charge in [-0.2, -0.15) is 0 Å². The van der Waals surface area contributed by atoms with E-state index >= 15 is 0 Å². The number of sulfonamides is 1. The Bertz CT molecular complexity index is 472. The summed E-state index contributed by atoms with van der Waals surface area (Å²) in [5, 5.41) is 0. The summed E-state index contributed by atoms with van der Waals surface area (Å²) < 4.78 is 30.7. The van der Waals surface area contributed by atoms with Gasteiger partial charge in [0.1, 0.15) is 0 Å². The van der Waals surface area contributed by atoms with E-state index in [1.807, 2.05) is 6.92 Å². The molecule has 0 aliphatic rings. The first-order valence-corrected chi connectivity index (χ1v) is 6.95. The van der Waals surface area contributed by atoms with Crippen molar-refractivity contribution in [2.45, 2.75) is 13.3 Å². The van der Waals surface area contributed by atoms with Crippen LogP contribution in [-0.4, -0.2) is 27.9 Å². The van der Waals surface area contributed by atoms with Crippen LogP contribution in [0.25, 0.3) is 0 Å². The molecule has 5 nitrogen and oxygen atoms in total. The van der Waals surface area contributed by atoms with Crippen molar-refractivity contribution in [3.05, 3.63) is 23.8 Å². The van der Waals surface area contributed by atoms with Crippen LogP contribution in [0.3, 0.4) is 0 Å². The van der Waals surface area contributed by atoms with Crippen molar-refractivity contribution in [2.24, 2.45) is 0 Å². The number of methoxy groups -OCH3 is 1. The van der Waals surface area contributed by atoms with Crippen LogP contribution in [0.5, 0.6) is 0 Å². The van der Waals surface area contributed by atoms with Gasteiger partial charge in [0.2, 0.25) is 10.0 Å². The molecule has 0 radical (unpaired) electrons. The average molecular weight is 258 g/mol. The van der Waals surface area contributed by atoms with Crippen LogP contribution >= 0.6 is 0 Å². The fourth-order valence-electron chi connectivity index (χ4n) is 1.36. The van der Waals surface area contributed by atoms with Crippen LogP contribution < -0.4 is 10.5 Å². The molecule has 17 heavy (non-hydrogen) atoms. The molecule has 0 aliphatic heterocycles. The molecule has 0 saturated carbocycles. The van der Waals surface area contributed by atoms with Gasteiger partial charge in [0.15, 0.2) is 0 Å². The quantitative estimate of drug-likeness (QED) is 0.596. The molecule has 0 heterocycles. The molecular weight excluding hydrogens is 240 g/mol. The van der Waals surface area contributed by atoms with E-state index in [9.17, 15) is 8.42 Å². The van der Waals surface area contributed by atoms with Crippen molar-refractivity contribution in [3.63, 3.8) is 0 Å². The zero-order chi connectivity index (χ0) is 12.9. The smallest absolute Gasteiger partial charge is 0.232 e. The van der Waals surface area contributed by atoms with Crippen LogP contribution in [-0.2, 0) is 14.8 Å². The highest BCUT2D eigenvalue weighted by atomic mass is 32.2. The third-order valence-corrected chi connectivity index (χ3v) is 3.68. The van der Waals surface area contributed by atoms with Gasteiger partial charge < -0.3 is 10.5 Å². The second kappa shape index (κ2) is 5.88. The predicted molar refractivity (Wildman–Crippen MR) is 69.5 cm³/mol. The highest BCUT2D eigenvalue weighted by molar-refractivity contribution is 7.92. The Morgan fingerprint density at radius 2 is 2.12 bits per heavy atom. The Morgan fingerprint density at radius 3 is 2.71 bits per heavy atom. The molecule has 1 aromatic carbocycles. The molecule has 0 aromatic heterocycles. The summed E-state index contributed by atoms with van der Waals surface area (Å²) in [7, 11) is -1.76. The van der Waals surface area contributed by atoms with E-state index < -0.39 is 10.0 Å². The minimum atomic E-state index is -3.31. The molecule has 0 unspecified atom stereocenters. The van der Waals surface area contributed by atoms with Gasteiger partial charge in [-0.1, -0.05) is 0 Å². The molecule has 1 rings (SSSR count). The fraction of sp³-hybridized carbons (Fsp3) is 0.455. The number of rotatable bonds is 6. The highest BCUT2D eigenvalue weighted by Crippen LogP contribution is 2.17. The molecule has 96 valence electrons. The molecule has 0 aliphatic carbocycles. The van der Waals surface area contributed by atoms with E-state index in [1.165, 1.54) is 0 Å². The molecule has 0 saturated heterocycles. The van der Waals surface area contributed by atoms with Gasteiger partial charge in [0.05, 0.1) is 5.75 Å². The van der Waals surface area contributed by atoms with Crippen LogP contribution in [0.4, 0.5) is 11.4 Å². The van der Waals surface area contributed by atoms with Crippen molar-refractivity contribution in [2.75, 3.05) is 29.9 Å². The first-order valence-electron chi connectivity index (χ1n) is 5.30. The Morgan fingerprint density at radius 1 is 1.41 bits per heavy atom. The number of ether oxygens (including phenoxy) is 1. The summed E-state index contributed by atoms with van der Waals surface area (Å²) >= 11 is 0. The van der Waals surface area contributed by atoms with Crippen LogP contribution in [0.2, 0.25) is 0 Å². The van der Waals surface area contributed by atoms with E-state index in [0.717, 1.165) is 5.56 Å². The van der Waals surface area contributed by atoms with Crippen molar-refractivity contribution in [1.29, 1.82) is 0 Å². The van der Waals surface area contributed by atoms with Gasteiger partial charge in [-0.15, -0.1) is 0 Å². The second-order valence-corrected chi connectivity index (χ2v) is 5.68. The van der Waals surface area contributed by atoms with Gasteiger partial charge in [0, 0.05) is 25.1 Å². The maximum Gasteiger partial charge on any atom is 0.232 e. The molecule has 0 fully saturated rings. The monoisotopic (exact) mass is 258 g/mol. The van der Waals surface area contributed by atoms with Gasteiger partial charge in [-0.3, -0.25) is 4.72 Å². The lowest BCUT2D eigenvalue weighted by Gasteiger charge is -2.09. The van der Waals surface area contributed by atoms with Gasteiger partial charge in [-0.05, 0) is 37.1 Å². The van der Waals surface area contributed by atoms with Crippen LogP contribution in [0.1, 0.15) is 12.0 Å². The third kappa shape index (κ3) is 4.62. The zero-order valence-corrected chi connectivity index (χ0v) is 10.9. The summed E-state index contributed by atoms with van der Waals surface area (Å²) in [5.41, 5.74) is 7.69. The lowest BCUT2D eigenvalue weighted by atomic mass is 10.2. The molecule has 0 atom stereocenters. The normalized spacial score (nSPS) is 11.4. The minimum Gasteiger partial charge on any atom is -0.399 e. The number of anilines is 2. The predicted octanol–water partition coefficient (Wildman–Crippen LogP) is 1.36. The van der Waals surface area contributed by atoms with Crippen LogP contribution in [0, 0.1) is 6.92 Å². The summed E-state index contributed by atoms with van der Waals surface area (Å²) in [4.78, 5) is 0. The number of nitrogen functional groups attached to an aromatic ring is 1. The number of hydrogen-bond donors (Lipinski definition) is 2. The number of aryl methyl sites for hydroxylation is 1. The van der Waals surface area contributed by atoms with E-state index in [-0.39, 0.29) is 5.75 Å². The number of benzene rings is 1. The van der Waals surface area contributed by atoms with Crippen molar-refractivity contribution in [3.8, 4) is 0 Å².